The minimum atomic E-state index is 0.404. The van der Waals surface area contributed by atoms with Crippen molar-refractivity contribution < 1.29 is 0 Å². The number of anilines is 2. The number of aromatic amines is 1. The van der Waals surface area contributed by atoms with Crippen LogP contribution in [0.2, 0.25) is 5.02 Å². The Kier molecular flexibility index (Phi) is 4.76. The second-order valence-corrected chi connectivity index (χ2v) is 6.25. The lowest BCUT2D eigenvalue weighted by molar-refractivity contribution is 0.973. The van der Waals surface area contributed by atoms with Crippen LogP contribution in [0.4, 0.5) is 11.8 Å². The summed E-state index contributed by atoms with van der Waals surface area (Å²) in [6.07, 6.45) is 4.26. The molecule has 0 saturated carbocycles. The number of pyridine rings is 1. The summed E-state index contributed by atoms with van der Waals surface area (Å²) < 4.78 is 0. The van der Waals surface area contributed by atoms with Crippen molar-refractivity contribution in [3.8, 4) is 22.8 Å². The SMILES string of the molecule is CCc1cc(Nc2nc(-c3ccncc3)nc(-c3cccc(Cl)c3)n2)n[nH]1. The number of nitrogens with one attached hydrogen (secondary N) is 2. The molecule has 0 saturated heterocycles. The lowest BCUT2D eigenvalue weighted by Gasteiger charge is -2.08. The maximum absolute atomic E-state index is 6.13. The van der Waals surface area contributed by atoms with E-state index in [0.717, 1.165) is 23.2 Å². The first-order chi connectivity index (χ1) is 13.2. The predicted octanol–water partition coefficient (Wildman–Crippen LogP) is 4.28. The number of hydrogen-bond donors (Lipinski definition) is 2. The molecule has 3 heterocycles. The average Bonchev–Trinajstić information content (AvgIpc) is 3.16. The Balaban J connectivity index is 1.78. The smallest absolute Gasteiger partial charge is 0.232 e. The van der Waals surface area contributed by atoms with E-state index in [9.17, 15) is 0 Å². The van der Waals surface area contributed by atoms with Gasteiger partial charge in [0.25, 0.3) is 0 Å². The minimum absolute atomic E-state index is 0.404. The predicted molar refractivity (Wildman–Crippen MR) is 105 cm³/mol. The molecule has 0 aliphatic carbocycles. The normalized spacial score (nSPS) is 10.7. The van der Waals surface area contributed by atoms with Gasteiger partial charge in [-0.3, -0.25) is 10.1 Å². The van der Waals surface area contributed by atoms with E-state index in [1.807, 2.05) is 42.5 Å². The molecule has 0 aliphatic heterocycles. The Bertz CT molecular complexity index is 1060. The molecule has 0 amide bonds. The van der Waals surface area contributed by atoms with Crippen molar-refractivity contribution in [3.05, 3.63) is 65.6 Å². The van der Waals surface area contributed by atoms with Gasteiger partial charge in [0, 0.05) is 40.3 Å². The van der Waals surface area contributed by atoms with Gasteiger partial charge in [-0.2, -0.15) is 15.1 Å². The summed E-state index contributed by atoms with van der Waals surface area (Å²) in [4.78, 5) is 17.7. The molecular weight excluding hydrogens is 362 g/mol. The fourth-order valence-corrected chi connectivity index (χ4v) is 2.73. The quantitative estimate of drug-likeness (QED) is 0.539. The molecule has 27 heavy (non-hydrogen) atoms. The maximum Gasteiger partial charge on any atom is 0.232 e. The molecule has 0 unspecified atom stereocenters. The van der Waals surface area contributed by atoms with E-state index in [-0.39, 0.29) is 0 Å². The van der Waals surface area contributed by atoms with Gasteiger partial charge in [0.15, 0.2) is 17.5 Å². The van der Waals surface area contributed by atoms with Gasteiger partial charge in [0.05, 0.1) is 0 Å². The van der Waals surface area contributed by atoms with Crippen LogP contribution in [0.3, 0.4) is 0 Å². The van der Waals surface area contributed by atoms with Gasteiger partial charge in [-0.25, -0.2) is 4.98 Å². The highest BCUT2D eigenvalue weighted by molar-refractivity contribution is 6.30. The molecule has 0 radical (unpaired) electrons. The van der Waals surface area contributed by atoms with Crippen LogP contribution in [0.1, 0.15) is 12.6 Å². The molecule has 134 valence electrons. The number of aromatic nitrogens is 6. The Morgan fingerprint density at radius 1 is 0.963 bits per heavy atom. The summed E-state index contributed by atoms with van der Waals surface area (Å²) >= 11 is 6.13. The molecule has 0 atom stereocenters. The van der Waals surface area contributed by atoms with Crippen molar-refractivity contribution in [1.29, 1.82) is 0 Å². The number of halogens is 1. The highest BCUT2D eigenvalue weighted by atomic mass is 35.5. The number of rotatable bonds is 5. The molecule has 3 aromatic heterocycles. The van der Waals surface area contributed by atoms with Gasteiger partial charge in [0.1, 0.15) is 0 Å². The number of hydrogen-bond acceptors (Lipinski definition) is 6. The van der Waals surface area contributed by atoms with E-state index >= 15 is 0 Å². The van der Waals surface area contributed by atoms with E-state index in [4.69, 9.17) is 11.6 Å². The Labute approximate surface area is 160 Å². The number of benzene rings is 1. The van der Waals surface area contributed by atoms with E-state index in [0.29, 0.717) is 28.4 Å². The standard InChI is InChI=1S/C19H16ClN7/c1-2-15-11-16(27-26-15)22-19-24-17(12-6-8-21-9-7-12)23-18(25-19)13-4-3-5-14(20)10-13/h3-11H,2H2,1H3,(H2,22,23,24,25,26,27). The Morgan fingerprint density at radius 2 is 1.74 bits per heavy atom. The lowest BCUT2D eigenvalue weighted by Crippen LogP contribution is -2.03. The number of aryl methyl sites for hydroxylation is 1. The van der Waals surface area contributed by atoms with Crippen molar-refractivity contribution in [1.82, 2.24) is 30.1 Å². The van der Waals surface area contributed by atoms with Gasteiger partial charge < -0.3 is 5.32 Å². The fraction of sp³-hybridized carbons (Fsp3) is 0.105. The summed E-state index contributed by atoms with van der Waals surface area (Å²) in [7, 11) is 0. The molecule has 8 heteroatoms. The van der Waals surface area contributed by atoms with Crippen LogP contribution >= 0.6 is 11.6 Å². The van der Waals surface area contributed by atoms with Crippen molar-refractivity contribution in [2.45, 2.75) is 13.3 Å². The second-order valence-electron chi connectivity index (χ2n) is 5.81. The summed E-state index contributed by atoms with van der Waals surface area (Å²) in [6, 6.07) is 13.0. The third kappa shape index (κ3) is 3.93. The highest BCUT2D eigenvalue weighted by Crippen LogP contribution is 2.24. The van der Waals surface area contributed by atoms with Gasteiger partial charge >= 0.3 is 0 Å². The molecule has 0 spiro atoms. The fourth-order valence-electron chi connectivity index (χ4n) is 2.54. The zero-order chi connectivity index (χ0) is 18.6. The zero-order valence-electron chi connectivity index (χ0n) is 14.5. The first-order valence-corrected chi connectivity index (χ1v) is 8.83. The summed E-state index contributed by atoms with van der Waals surface area (Å²) in [6.45, 7) is 2.05. The van der Waals surface area contributed by atoms with Gasteiger partial charge in [-0.15, -0.1) is 0 Å². The summed E-state index contributed by atoms with van der Waals surface area (Å²) in [5.41, 5.74) is 2.67. The summed E-state index contributed by atoms with van der Waals surface area (Å²) in [5, 5.41) is 11.0. The highest BCUT2D eigenvalue weighted by Gasteiger charge is 2.12. The van der Waals surface area contributed by atoms with Gasteiger partial charge in [-0.05, 0) is 30.7 Å². The molecule has 7 nitrogen and oxygen atoms in total. The number of nitrogens with zero attached hydrogens (tertiary/aromatic N) is 5. The van der Waals surface area contributed by atoms with Crippen molar-refractivity contribution in [2.24, 2.45) is 0 Å². The van der Waals surface area contributed by atoms with E-state index < -0.39 is 0 Å². The Morgan fingerprint density at radius 3 is 2.44 bits per heavy atom. The second kappa shape index (κ2) is 7.51. The Hall–Kier alpha value is -3.32. The van der Waals surface area contributed by atoms with Crippen molar-refractivity contribution >= 4 is 23.4 Å². The topological polar surface area (TPSA) is 92.3 Å². The van der Waals surface area contributed by atoms with Crippen LogP contribution in [-0.2, 0) is 6.42 Å². The first kappa shape index (κ1) is 17.1. The third-order valence-corrected chi connectivity index (χ3v) is 4.14. The van der Waals surface area contributed by atoms with Crippen LogP contribution in [-0.4, -0.2) is 30.1 Å². The summed E-state index contributed by atoms with van der Waals surface area (Å²) in [5.74, 6) is 2.11. The van der Waals surface area contributed by atoms with Crippen LogP contribution < -0.4 is 5.32 Å². The van der Waals surface area contributed by atoms with Crippen LogP contribution in [0, 0.1) is 0 Å². The molecule has 0 bridgehead atoms. The third-order valence-electron chi connectivity index (χ3n) is 3.91. The van der Waals surface area contributed by atoms with Crippen LogP contribution in [0.15, 0.2) is 54.9 Å². The molecule has 0 aliphatic rings. The first-order valence-electron chi connectivity index (χ1n) is 8.45. The van der Waals surface area contributed by atoms with Crippen LogP contribution in [0.5, 0.6) is 0 Å². The largest absolute Gasteiger partial charge is 0.307 e. The van der Waals surface area contributed by atoms with E-state index in [1.54, 1.807) is 12.4 Å². The molecule has 1 aromatic carbocycles. The molecule has 0 fully saturated rings. The number of H-pyrrole nitrogens is 1. The molecular formula is C19H16ClN7. The lowest BCUT2D eigenvalue weighted by atomic mass is 10.2. The zero-order valence-corrected chi connectivity index (χ0v) is 15.3. The minimum Gasteiger partial charge on any atom is -0.307 e. The molecule has 4 rings (SSSR count). The van der Waals surface area contributed by atoms with Crippen molar-refractivity contribution in [3.63, 3.8) is 0 Å². The van der Waals surface area contributed by atoms with Gasteiger partial charge in [-0.1, -0.05) is 30.7 Å². The maximum atomic E-state index is 6.13. The van der Waals surface area contributed by atoms with Crippen LogP contribution in [0.25, 0.3) is 22.8 Å². The molecule has 2 N–H and O–H groups in total. The average molecular weight is 378 g/mol. The van der Waals surface area contributed by atoms with Crippen molar-refractivity contribution in [2.75, 3.05) is 5.32 Å². The monoisotopic (exact) mass is 377 g/mol. The van der Waals surface area contributed by atoms with E-state index in [1.165, 1.54) is 0 Å². The molecule has 4 aromatic rings. The van der Waals surface area contributed by atoms with Gasteiger partial charge in [0.2, 0.25) is 5.95 Å². The van der Waals surface area contributed by atoms with E-state index in [2.05, 4.69) is 42.4 Å².